The average molecular weight is 329 g/mol. The van der Waals surface area contributed by atoms with E-state index in [1.165, 1.54) is 11.1 Å². The maximum absolute atomic E-state index is 4.43. The lowest BCUT2D eigenvalue weighted by molar-refractivity contribution is 0.768. The Kier molecular flexibility index (Phi) is 3.90. The molecule has 0 aliphatic heterocycles. The number of anilines is 1. The molecule has 1 N–H and O–H groups in total. The Bertz CT molecular complexity index is 1030. The largest absolute Gasteiger partial charge is 0.365 e. The number of hydrogen-bond acceptors (Lipinski definition) is 4. The standard InChI is InChI=1S/C20H19N5/c1-14-5-3-8-18-19(14)20(23-13-22-18)21-10-15-6-4-7-16(9-15)17-11-24-25(2)12-17/h3-9,11-13H,10H2,1-2H3,(H,21,22,23). The van der Waals surface area contributed by atoms with Crippen LogP contribution in [0.25, 0.3) is 22.0 Å². The molecule has 4 aromatic rings. The highest BCUT2D eigenvalue weighted by Gasteiger charge is 2.07. The zero-order chi connectivity index (χ0) is 17.2. The summed E-state index contributed by atoms with van der Waals surface area (Å²) < 4.78 is 1.82. The molecular weight excluding hydrogens is 310 g/mol. The minimum atomic E-state index is 0.703. The summed E-state index contributed by atoms with van der Waals surface area (Å²) in [7, 11) is 1.93. The van der Waals surface area contributed by atoms with Gasteiger partial charge in [0.25, 0.3) is 0 Å². The molecule has 0 saturated heterocycles. The van der Waals surface area contributed by atoms with E-state index in [9.17, 15) is 0 Å². The zero-order valence-electron chi connectivity index (χ0n) is 14.3. The maximum Gasteiger partial charge on any atom is 0.137 e. The van der Waals surface area contributed by atoms with E-state index in [-0.39, 0.29) is 0 Å². The summed E-state index contributed by atoms with van der Waals surface area (Å²) in [6, 6.07) is 14.6. The fraction of sp³-hybridized carbons (Fsp3) is 0.150. The summed E-state index contributed by atoms with van der Waals surface area (Å²) in [5.74, 6) is 0.870. The summed E-state index contributed by atoms with van der Waals surface area (Å²) in [6.45, 7) is 2.79. The molecule has 0 radical (unpaired) electrons. The molecule has 5 heteroatoms. The van der Waals surface area contributed by atoms with Gasteiger partial charge in [0.1, 0.15) is 12.1 Å². The molecule has 2 aromatic heterocycles. The summed E-state index contributed by atoms with van der Waals surface area (Å²) >= 11 is 0. The van der Waals surface area contributed by atoms with Crippen molar-refractivity contribution in [3.05, 3.63) is 72.3 Å². The molecule has 2 heterocycles. The van der Waals surface area contributed by atoms with Gasteiger partial charge in [0, 0.05) is 30.7 Å². The van der Waals surface area contributed by atoms with E-state index in [4.69, 9.17) is 0 Å². The first-order valence-corrected chi connectivity index (χ1v) is 8.23. The van der Waals surface area contributed by atoms with Crippen LogP contribution in [-0.2, 0) is 13.6 Å². The Morgan fingerprint density at radius 2 is 1.92 bits per heavy atom. The third-order valence-electron chi connectivity index (χ3n) is 4.30. The highest BCUT2D eigenvalue weighted by Crippen LogP contribution is 2.24. The van der Waals surface area contributed by atoms with E-state index in [2.05, 4.69) is 57.6 Å². The van der Waals surface area contributed by atoms with Crippen molar-refractivity contribution >= 4 is 16.7 Å². The number of benzene rings is 2. The van der Waals surface area contributed by atoms with Crippen LogP contribution in [0.3, 0.4) is 0 Å². The summed E-state index contributed by atoms with van der Waals surface area (Å²) in [5, 5.41) is 8.78. The van der Waals surface area contributed by atoms with Gasteiger partial charge in [0.15, 0.2) is 0 Å². The van der Waals surface area contributed by atoms with Gasteiger partial charge < -0.3 is 5.32 Å². The van der Waals surface area contributed by atoms with Crippen molar-refractivity contribution in [2.45, 2.75) is 13.5 Å². The number of rotatable bonds is 4. The first-order chi connectivity index (χ1) is 12.2. The van der Waals surface area contributed by atoms with Crippen LogP contribution in [0.4, 0.5) is 5.82 Å². The second-order valence-corrected chi connectivity index (χ2v) is 6.15. The SMILES string of the molecule is Cc1cccc2ncnc(NCc3cccc(-c4cnn(C)c4)c3)c12. The van der Waals surface area contributed by atoms with Crippen molar-refractivity contribution in [1.82, 2.24) is 19.7 Å². The zero-order valence-corrected chi connectivity index (χ0v) is 14.3. The highest BCUT2D eigenvalue weighted by atomic mass is 15.2. The van der Waals surface area contributed by atoms with Gasteiger partial charge in [-0.3, -0.25) is 4.68 Å². The van der Waals surface area contributed by atoms with Gasteiger partial charge in [-0.05, 0) is 35.7 Å². The molecular formula is C20H19N5. The Hall–Kier alpha value is -3.21. The molecule has 5 nitrogen and oxygen atoms in total. The first-order valence-electron chi connectivity index (χ1n) is 8.23. The minimum Gasteiger partial charge on any atom is -0.365 e. The Balaban J connectivity index is 1.60. The topological polar surface area (TPSA) is 55.6 Å². The average Bonchev–Trinajstić information content (AvgIpc) is 3.07. The normalized spacial score (nSPS) is 11.0. The van der Waals surface area contributed by atoms with Gasteiger partial charge in [-0.1, -0.05) is 30.3 Å². The molecule has 4 rings (SSSR count). The van der Waals surface area contributed by atoms with Crippen LogP contribution in [0, 0.1) is 6.92 Å². The monoisotopic (exact) mass is 329 g/mol. The molecule has 0 fully saturated rings. The van der Waals surface area contributed by atoms with Gasteiger partial charge in [0.2, 0.25) is 0 Å². The van der Waals surface area contributed by atoms with Crippen molar-refractivity contribution in [2.75, 3.05) is 5.32 Å². The Morgan fingerprint density at radius 3 is 2.76 bits per heavy atom. The molecule has 0 aliphatic carbocycles. The van der Waals surface area contributed by atoms with E-state index >= 15 is 0 Å². The highest BCUT2D eigenvalue weighted by molar-refractivity contribution is 5.91. The lowest BCUT2D eigenvalue weighted by Gasteiger charge is -2.11. The second-order valence-electron chi connectivity index (χ2n) is 6.15. The summed E-state index contributed by atoms with van der Waals surface area (Å²) in [4.78, 5) is 8.78. The third-order valence-corrected chi connectivity index (χ3v) is 4.30. The van der Waals surface area contributed by atoms with Crippen LogP contribution < -0.4 is 5.32 Å². The molecule has 0 unspecified atom stereocenters. The van der Waals surface area contributed by atoms with Gasteiger partial charge in [-0.15, -0.1) is 0 Å². The van der Waals surface area contributed by atoms with Crippen molar-refractivity contribution in [3.63, 3.8) is 0 Å². The fourth-order valence-corrected chi connectivity index (χ4v) is 3.03. The number of fused-ring (bicyclic) bond motifs is 1. The van der Waals surface area contributed by atoms with E-state index < -0.39 is 0 Å². The van der Waals surface area contributed by atoms with Gasteiger partial charge in [0.05, 0.1) is 11.7 Å². The fourth-order valence-electron chi connectivity index (χ4n) is 3.03. The number of hydrogen-bond donors (Lipinski definition) is 1. The van der Waals surface area contributed by atoms with E-state index in [1.54, 1.807) is 6.33 Å². The van der Waals surface area contributed by atoms with Crippen LogP contribution in [0.15, 0.2) is 61.2 Å². The van der Waals surface area contributed by atoms with Crippen LogP contribution in [0.1, 0.15) is 11.1 Å². The predicted octanol–water partition coefficient (Wildman–Crippen LogP) is 3.95. The smallest absolute Gasteiger partial charge is 0.137 e. The van der Waals surface area contributed by atoms with Crippen LogP contribution >= 0.6 is 0 Å². The Morgan fingerprint density at radius 1 is 1.04 bits per heavy atom. The number of nitrogens with one attached hydrogen (secondary N) is 1. The van der Waals surface area contributed by atoms with Crippen LogP contribution in [-0.4, -0.2) is 19.7 Å². The number of aryl methyl sites for hydroxylation is 2. The first kappa shape index (κ1) is 15.3. The molecule has 0 amide bonds. The van der Waals surface area contributed by atoms with Crippen LogP contribution in [0.2, 0.25) is 0 Å². The second kappa shape index (κ2) is 6.36. The van der Waals surface area contributed by atoms with Gasteiger partial charge in [-0.25, -0.2) is 9.97 Å². The number of aromatic nitrogens is 4. The van der Waals surface area contributed by atoms with Crippen LogP contribution in [0.5, 0.6) is 0 Å². The predicted molar refractivity (Wildman–Crippen MR) is 100 cm³/mol. The molecule has 25 heavy (non-hydrogen) atoms. The lowest BCUT2D eigenvalue weighted by Crippen LogP contribution is -2.03. The summed E-state index contributed by atoms with van der Waals surface area (Å²) in [6.07, 6.45) is 5.51. The third kappa shape index (κ3) is 3.08. The van der Waals surface area contributed by atoms with E-state index in [0.29, 0.717) is 6.54 Å². The molecule has 0 aliphatic rings. The maximum atomic E-state index is 4.43. The van der Waals surface area contributed by atoms with Gasteiger partial charge in [-0.2, -0.15) is 5.10 Å². The van der Waals surface area contributed by atoms with Crippen molar-refractivity contribution in [2.24, 2.45) is 7.05 Å². The molecule has 0 bridgehead atoms. The molecule has 0 saturated carbocycles. The van der Waals surface area contributed by atoms with E-state index in [1.807, 2.05) is 36.3 Å². The van der Waals surface area contributed by atoms with Gasteiger partial charge >= 0.3 is 0 Å². The molecule has 124 valence electrons. The van der Waals surface area contributed by atoms with Crippen molar-refractivity contribution in [1.29, 1.82) is 0 Å². The molecule has 0 spiro atoms. The van der Waals surface area contributed by atoms with Crippen molar-refractivity contribution < 1.29 is 0 Å². The minimum absolute atomic E-state index is 0.703. The van der Waals surface area contributed by atoms with Crippen molar-refractivity contribution in [3.8, 4) is 11.1 Å². The molecule has 2 aromatic carbocycles. The Labute approximate surface area is 146 Å². The lowest BCUT2D eigenvalue weighted by atomic mass is 10.1. The number of nitrogens with zero attached hydrogens (tertiary/aromatic N) is 4. The molecule has 0 atom stereocenters. The summed E-state index contributed by atoms with van der Waals surface area (Å²) in [5.41, 5.74) is 5.61. The van der Waals surface area contributed by atoms with E-state index in [0.717, 1.165) is 27.8 Å². The quantitative estimate of drug-likeness (QED) is 0.616.